The van der Waals surface area contributed by atoms with Crippen molar-refractivity contribution in [1.29, 1.82) is 0 Å². The molecule has 120 valence electrons. The molecule has 3 atom stereocenters. The molecule has 1 saturated heterocycles. The molecule has 0 aromatic carbocycles. The lowest BCUT2D eigenvalue weighted by Crippen LogP contribution is -2.55. The number of piperidine rings is 1. The summed E-state index contributed by atoms with van der Waals surface area (Å²) in [6, 6.07) is -0.637. The van der Waals surface area contributed by atoms with Crippen molar-refractivity contribution in [2.75, 3.05) is 6.54 Å². The average Bonchev–Trinajstić information content (AvgIpc) is 2.47. The topological polar surface area (TPSA) is 69.6 Å². The molecular formula is C16H28N2O3. The van der Waals surface area contributed by atoms with Crippen LogP contribution in [0.4, 0.5) is 4.79 Å². The number of nitrogens with zero attached hydrogens (tertiary/aromatic N) is 1. The fraction of sp³-hybridized carbons (Fsp3) is 0.875. The molecule has 5 heteroatoms. The first-order valence-corrected chi connectivity index (χ1v) is 8.30. The van der Waals surface area contributed by atoms with E-state index in [1.807, 2.05) is 0 Å². The monoisotopic (exact) mass is 296 g/mol. The Morgan fingerprint density at radius 2 is 1.76 bits per heavy atom. The Kier molecular flexibility index (Phi) is 5.48. The molecule has 0 radical (unpaired) electrons. The van der Waals surface area contributed by atoms with Gasteiger partial charge >= 0.3 is 12.0 Å². The minimum atomic E-state index is -0.881. The van der Waals surface area contributed by atoms with Gasteiger partial charge in [-0.3, -0.25) is 0 Å². The van der Waals surface area contributed by atoms with Crippen LogP contribution < -0.4 is 5.32 Å². The highest BCUT2D eigenvalue weighted by molar-refractivity contribution is 5.83. The quantitative estimate of drug-likeness (QED) is 0.841. The zero-order valence-corrected chi connectivity index (χ0v) is 13.2. The first-order valence-electron chi connectivity index (χ1n) is 8.30. The molecule has 2 N–H and O–H groups in total. The fourth-order valence-electron chi connectivity index (χ4n) is 3.81. The number of carboxylic acids is 1. The minimum absolute atomic E-state index is 0.181. The Morgan fingerprint density at radius 3 is 2.43 bits per heavy atom. The van der Waals surface area contributed by atoms with Crippen molar-refractivity contribution in [3.8, 4) is 0 Å². The summed E-state index contributed by atoms with van der Waals surface area (Å²) < 4.78 is 0. The van der Waals surface area contributed by atoms with E-state index in [-0.39, 0.29) is 12.1 Å². The number of likely N-dealkylation sites (tertiary alicyclic amines) is 1. The molecule has 2 fully saturated rings. The molecule has 1 aliphatic carbocycles. The number of carbonyl (C=O) groups excluding carboxylic acids is 1. The van der Waals surface area contributed by atoms with E-state index in [0.29, 0.717) is 24.8 Å². The van der Waals surface area contributed by atoms with Gasteiger partial charge in [0.05, 0.1) is 0 Å². The second-order valence-electron chi connectivity index (χ2n) is 6.79. The van der Waals surface area contributed by atoms with Gasteiger partial charge in [-0.1, -0.05) is 26.7 Å². The Labute approximate surface area is 127 Å². The lowest BCUT2D eigenvalue weighted by molar-refractivity contribution is -0.143. The maximum Gasteiger partial charge on any atom is 0.326 e. The molecule has 0 spiro atoms. The molecule has 0 aromatic heterocycles. The van der Waals surface area contributed by atoms with Gasteiger partial charge in [0.15, 0.2) is 0 Å². The highest BCUT2D eigenvalue weighted by Gasteiger charge is 2.35. The predicted octanol–water partition coefficient (Wildman–Crippen LogP) is 2.85. The Balaban J connectivity index is 1.99. The van der Waals surface area contributed by atoms with Gasteiger partial charge in [0, 0.05) is 12.6 Å². The fourth-order valence-corrected chi connectivity index (χ4v) is 3.81. The summed E-state index contributed by atoms with van der Waals surface area (Å²) in [5.74, 6) is 0.178. The van der Waals surface area contributed by atoms with Crippen molar-refractivity contribution in [1.82, 2.24) is 10.2 Å². The molecule has 2 aliphatic rings. The van der Waals surface area contributed by atoms with E-state index in [1.54, 1.807) is 0 Å². The number of hydrogen-bond acceptors (Lipinski definition) is 2. The third kappa shape index (κ3) is 3.89. The molecule has 21 heavy (non-hydrogen) atoms. The van der Waals surface area contributed by atoms with Crippen LogP contribution in [0.5, 0.6) is 0 Å². The number of aliphatic carboxylic acids is 1. The van der Waals surface area contributed by atoms with E-state index in [2.05, 4.69) is 19.2 Å². The van der Waals surface area contributed by atoms with Crippen LogP contribution in [-0.4, -0.2) is 40.6 Å². The van der Waals surface area contributed by atoms with Crippen molar-refractivity contribution in [2.24, 2.45) is 11.8 Å². The van der Waals surface area contributed by atoms with Crippen LogP contribution in [0.15, 0.2) is 0 Å². The van der Waals surface area contributed by atoms with Crippen molar-refractivity contribution in [3.05, 3.63) is 0 Å². The average molecular weight is 296 g/mol. The van der Waals surface area contributed by atoms with Crippen LogP contribution >= 0.6 is 0 Å². The number of carboxylic acid groups (broad SMARTS) is 1. The summed E-state index contributed by atoms with van der Waals surface area (Å²) >= 11 is 0. The highest BCUT2D eigenvalue weighted by atomic mass is 16.4. The van der Waals surface area contributed by atoms with E-state index in [1.165, 1.54) is 11.3 Å². The van der Waals surface area contributed by atoms with E-state index >= 15 is 0 Å². The number of nitrogens with one attached hydrogen (secondary N) is 1. The second kappa shape index (κ2) is 7.14. The highest BCUT2D eigenvalue weighted by Crippen LogP contribution is 2.30. The number of urea groups is 1. The summed E-state index contributed by atoms with van der Waals surface area (Å²) in [5.41, 5.74) is 0. The smallest absolute Gasteiger partial charge is 0.326 e. The van der Waals surface area contributed by atoms with Crippen molar-refractivity contribution >= 4 is 12.0 Å². The SMILES string of the molecule is CC(C)C1CCCCC1NC(=O)N1CCCCC1C(=O)O. The predicted molar refractivity (Wildman–Crippen MR) is 81.1 cm³/mol. The summed E-state index contributed by atoms with van der Waals surface area (Å²) in [4.78, 5) is 25.3. The molecule has 2 rings (SSSR count). The van der Waals surface area contributed by atoms with Gasteiger partial charge in [0.25, 0.3) is 0 Å². The van der Waals surface area contributed by atoms with Gasteiger partial charge in [-0.2, -0.15) is 0 Å². The van der Waals surface area contributed by atoms with Gasteiger partial charge in [-0.05, 0) is 43.9 Å². The molecule has 1 saturated carbocycles. The molecule has 1 aliphatic heterocycles. The molecule has 2 amide bonds. The van der Waals surface area contributed by atoms with E-state index < -0.39 is 12.0 Å². The Hall–Kier alpha value is -1.26. The summed E-state index contributed by atoms with van der Waals surface area (Å²) in [6.07, 6.45) is 6.91. The molecule has 0 bridgehead atoms. The van der Waals surface area contributed by atoms with Crippen LogP contribution in [0, 0.1) is 11.8 Å². The van der Waals surface area contributed by atoms with Crippen LogP contribution in [0.25, 0.3) is 0 Å². The number of hydrogen-bond donors (Lipinski definition) is 2. The van der Waals surface area contributed by atoms with Crippen molar-refractivity contribution < 1.29 is 14.7 Å². The second-order valence-corrected chi connectivity index (χ2v) is 6.79. The third-order valence-electron chi connectivity index (χ3n) is 5.03. The van der Waals surface area contributed by atoms with Crippen LogP contribution in [0.2, 0.25) is 0 Å². The van der Waals surface area contributed by atoms with Gasteiger partial charge in [0.2, 0.25) is 0 Å². The Morgan fingerprint density at radius 1 is 1.10 bits per heavy atom. The largest absolute Gasteiger partial charge is 0.480 e. The Bertz CT molecular complexity index is 384. The van der Waals surface area contributed by atoms with Crippen molar-refractivity contribution in [3.63, 3.8) is 0 Å². The maximum atomic E-state index is 12.5. The lowest BCUT2D eigenvalue weighted by atomic mass is 9.78. The summed E-state index contributed by atoms with van der Waals surface area (Å²) in [7, 11) is 0. The molecule has 3 unspecified atom stereocenters. The standard InChI is InChI=1S/C16H28N2O3/c1-11(2)12-7-3-4-8-13(12)17-16(21)18-10-6-5-9-14(18)15(19)20/h11-14H,3-10H2,1-2H3,(H,17,21)(H,19,20). The van der Waals surface area contributed by atoms with Gasteiger partial charge < -0.3 is 15.3 Å². The third-order valence-corrected chi connectivity index (χ3v) is 5.03. The summed E-state index contributed by atoms with van der Waals surface area (Å²) in [6.45, 7) is 4.97. The van der Waals surface area contributed by atoms with E-state index in [9.17, 15) is 14.7 Å². The van der Waals surface area contributed by atoms with Gasteiger partial charge in [-0.15, -0.1) is 0 Å². The minimum Gasteiger partial charge on any atom is -0.480 e. The van der Waals surface area contributed by atoms with E-state index in [0.717, 1.165) is 32.1 Å². The maximum absolute atomic E-state index is 12.5. The zero-order chi connectivity index (χ0) is 15.4. The normalized spacial score (nSPS) is 30.2. The van der Waals surface area contributed by atoms with Crippen molar-refractivity contribution in [2.45, 2.75) is 70.9 Å². The number of carbonyl (C=O) groups is 2. The molecular weight excluding hydrogens is 268 g/mol. The van der Waals surface area contributed by atoms with Crippen LogP contribution in [0.3, 0.4) is 0 Å². The van der Waals surface area contributed by atoms with Gasteiger partial charge in [0.1, 0.15) is 6.04 Å². The molecule has 1 heterocycles. The van der Waals surface area contributed by atoms with Gasteiger partial charge in [-0.25, -0.2) is 9.59 Å². The first kappa shape index (κ1) is 16.1. The molecule has 0 aromatic rings. The number of rotatable bonds is 3. The first-order chi connectivity index (χ1) is 10.0. The molecule has 5 nitrogen and oxygen atoms in total. The number of amides is 2. The zero-order valence-electron chi connectivity index (χ0n) is 13.2. The van der Waals surface area contributed by atoms with E-state index in [4.69, 9.17) is 0 Å². The summed E-state index contributed by atoms with van der Waals surface area (Å²) in [5, 5.41) is 12.4. The van der Waals surface area contributed by atoms with Crippen LogP contribution in [0.1, 0.15) is 58.8 Å². The lowest BCUT2D eigenvalue weighted by Gasteiger charge is -2.38. The van der Waals surface area contributed by atoms with Crippen LogP contribution in [-0.2, 0) is 4.79 Å².